The number of aliphatic hydroxyl groups is 1. The molecule has 0 unspecified atom stereocenters. The van der Waals surface area contributed by atoms with Crippen molar-refractivity contribution in [1.29, 1.82) is 0 Å². The third kappa shape index (κ3) is 4.73. The highest BCUT2D eigenvalue weighted by molar-refractivity contribution is 8.00. The smallest absolute Gasteiger partial charge is 0.262 e. The van der Waals surface area contributed by atoms with Gasteiger partial charge >= 0.3 is 0 Å². The van der Waals surface area contributed by atoms with Crippen LogP contribution in [0.2, 0.25) is 5.02 Å². The lowest BCUT2D eigenvalue weighted by Gasteiger charge is -2.16. The fourth-order valence-corrected chi connectivity index (χ4v) is 3.71. The van der Waals surface area contributed by atoms with E-state index in [1.807, 2.05) is 6.07 Å². The van der Waals surface area contributed by atoms with Gasteiger partial charge in [0.2, 0.25) is 5.91 Å². The number of hydrogen-bond donors (Lipinski definition) is 2. The molecule has 1 amide bonds. The summed E-state index contributed by atoms with van der Waals surface area (Å²) < 4.78 is 1.52. The van der Waals surface area contributed by atoms with Crippen LogP contribution in [0.15, 0.2) is 58.5 Å². The molecule has 0 aliphatic rings. The summed E-state index contributed by atoms with van der Waals surface area (Å²) in [6, 6.07) is 14.0. The first-order valence-corrected chi connectivity index (χ1v) is 10.1. The van der Waals surface area contributed by atoms with Gasteiger partial charge in [-0.3, -0.25) is 14.2 Å². The highest BCUT2D eigenvalue weighted by atomic mass is 35.5. The minimum Gasteiger partial charge on any atom is -0.396 e. The van der Waals surface area contributed by atoms with Gasteiger partial charge < -0.3 is 10.4 Å². The number of anilines is 1. The summed E-state index contributed by atoms with van der Waals surface area (Å²) in [5.74, 6) is -0.205. The van der Waals surface area contributed by atoms with Crippen LogP contribution in [0.3, 0.4) is 0 Å². The van der Waals surface area contributed by atoms with E-state index in [4.69, 9.17) is 16.7 Å². The second-order valence-electron chi connectivity index (χ2n) is 6.20. The Bertz CT molecular complexity index is 1040. The molecule has 3 rings (SSSR count). The monoisotopic (exact) mass is 417 g/mol. The second-order valence-corrected chi connectivity index (χ2v) is 7.95. The molecule has 1 heterocycles. The number of nitrogens with one attached hydrogen (secondary N) is 1. The number of carbonyl (C=O) groups is 1. The molecule has 0 bridgehead atoms. The Labute approximate surface area is 171 Å². The minimum atomic E-state index is -0.482. The molecule has 0 radical (unpaired) electrons. The van der Waals surface area contributed by atoms with Crippen LogP contribution in [0.4, 0.5) is 5.69 Å². The zero-order chi connectivity index (χ0) is 20.1. The predicted octanol–water partition coefficient (Wildman–Crippen LogP) is 3.55. The average Bonchev–Trinajstić information content (AvgIpc) is 2.69. The van der Waals surface area contributed by atoms with Crippen molar-refractivity contribution in [3.8, 4) is 0 Å². The molecule has 1 aromatic heterocycles. The van der Waals surface area contributed by atoms with Gasteiger partial charge in [-0.05, 0) is 49.7 Å². The van der Waals surface area contributed by atoms with E-state index in [9.17, 15) is 9.59 Å². The van der Waals surface area contributed by atoms with Crippen LogP contribution in [-0.4, -0.2) is 32.4 Å². The van der Waals surface area contributed by atoms with E-state index in [1.165, 1.54) is 16.3 Å². The Morgan fingerprint density at radius 3 is 2.68 bits per heavy atom. The van der Waals surface area contributed by atoms with E-state index in [0.717, 1.165) is 0 Å². The quantitative estimate of drug-likeness (QED) is 0.453. The average molecular weight is 418 g/mol. The van der Waals surface area contributed by atoms with Gasteiger partial charge in [0.1, 0.15) is 0 Å². The molecular weight excluding hydrogens is 398 g/mol. The van der Waals surface area contributed by atoms with Crippen molar-refractivity contribution in [3.05, 3.63) is 63.9 Å². The maximum atomic E-state index is 12.8. The molecule has 3 aromatic rings. The maximum absolute atomic E-state index is 12.8. The lowest BCUT2D eigenvalue weighted by atomic mass is 10.2. The SMILES string of the molecule is C[C@H](Sc1nc2ccccc2c(=O)n1CCCO)C(=O)Nc1ccc(Cl)cc1. The molecular formula is C20H20ClN3O3S. The number of aliphatic hydroxyl groups excluding tert-OH is 1. The summed E-state index contributed by atoms with van der Waals surface area (Å²) in [7, 11) is 0. The van der Waals surface area contributed by atoms with Crippen molar-refractivity contribution in [2.24, 2.45) is 0 Å². The van der Waals surface area contributed by atoms with Crippen molar-refractivity contribution in [2.45, 2.75) is 30.3 Å². The van der Waals surface area contributed by atoms with Crippen LogP contribution >= 0.6 is 23.4 Å². The number of rotatable bonds is 7. The van der Waals surface area contributed by atoms with Crippen molar-refractivity contribution >= 4 is 45.9 Å². The van der Waals surface area contributed by atoms with E-state index in [2.05, 4.69) is 10.3 Å². The van der Waals surface area contributed by atoms with Crippen molar-refractivity contribution in [2.75, 3.05) is 11.9 Å². The van der Waals surface area contributed by atoms with Crippen LogP contribution < -0.4 is 10.9 Å². The number of carbonyl (C=O) groups excluding carboxylic acids is 1. The molecule has 0 aliphatic carbocycles. The summed E-state index contributed by atoms with van der Waals surface area (Å²) in [6.07, 6.45) is 0.429. The third-order valence-electron chi connectivity index (χ3n) is 4.13. The topological polar surface area (TPSA) is 84.2 Å². The number of amides is 1. The fourth-order valence-electron chi connectivity index (χ4n) is 2.65. The Morgan fingerprint density at radius 1 is 1.25 bits per heavy atom. The fraction of sp³-hybridized carbons (Fsp3) is 0.250. The summed E-state index contributed by atoms with van der Waals surface area (Å²) in [5.41, 5.74) is 1.05. The van der Waals surface area contributed by atoms with Gasteiger partial charge in [-0.1, -0.05) is 35.5 Å². The van der Waals surface area contributed by atoms with Crippen molar-refractivity contribution in [1.82, 2.24) is 9.55 Å². The molecule has 0 aliphatic heterocycles. The van der Waals surface area contributed by atoms with Crippen LogP contribution in [0.1, 0.15) is 13.3 Å². The van der Waals surface area contributed by atoms with E-state index < -0.39 is 5.25 Å². The molecule has 28 heavy (non-hydrogen) atoms. The predicted molar refractivity (Wildman–Crippen MR) is 113 cm³/mol. The standard InChI is InChI=1S/C20H20ClN3O3S/c1-13(18(26)22-15-9-7-14(21)8-10-15)28-20-23-17-6-3-2-5-16(17)19(27)24(20)11-4-12-25/h2-3,5-10,13,25H,4,11-12H2,1H3,(H,22,26)/t13-/m0/s1. The second kappa shape index (κ2) is 9.23. The van der Waals surface area contributed by atoms with Gasteiger partial charge in [-0.25, -0.2) is 4.98 Å². The van der Waals surface area contributed by atoms with E-state index >= 15 is 0 Å². The van der Waals surface area contributed by atoms with Gasteiger partial charge in [0.15, 0.2) is 5.16 Å². The first-order chi connectivity index (χ1) is 13.5. The Balaban J connectivity index is 1.86. The third-order valence-corrected chi connectivity index (χ3v) is 5.47. The molecule has 146 valence electrons. The summed E-state index contributed by atoms with van der Waals surface area (Å²) in [4.78, 5) is 30.0. The summed E-state index contributed by atoms with van der Waals surface area (Å²) in [5, 5.41) is 13.1. The van der Waals surface area contributed by atoms with Gasteiger partial charge in [-0.2, -0.15) is 0 Å². The highest BCUT2D eigenvalue weighted by Crippen LogP contribution is 2.24. The Hall–Kier alpha value is -2.35. The van der Waals surface area contributed by atoms with Crippen LogP contribution in [0, 0.1) is 0 Å². The maximum Gasteiger partial charge on any atom is 0.262 e. The molecule has 8 heteroatoms. The number of fused-ring (bicyclic) bond motifs is 1. The van der Waals surface area contributed by atoms with Crippen LogP contribution in [-0.2, 0) is 11.3 Å². The normalized spacial score (nSPS) is 12.1. The van der Waals surface area contributed by atoms with Gasteiger partial charge in [-0.15, -0.1) is 0 Å². The molecule has 0 saturated carbocycles. The molecule has 2 aromatic carbocycles. The molecule has 6 nitrogen and oxygen atoms in total. The number of para-hydroxylation sites is 1. The van der Waals surface area contributed by atoms with Crippen LogP contribution in [0.25, 0.3) is 10.9 Å². The lowest BCUT2D eigenvalue weighted by Crippen LogP contribution is -2.27. The number of hydrogen-bond acceptors (Lipinski definition) is 5. The van der Waals surface area contributed by atoms with Crippen LogP contribution in [0.5, 0.6) is 0 Å². The van der Waals surface area contributed by atoms with Crippen molar-refractivity contribution in [3.63, 3.8) is 0 Å². The molecule has 0 fully saturated rings. The van der Waals surface area contributed by atoms with E-state index in [-0.39, 0.29) is 18.1 Å². The first-order valence-electron chi connectivity index (χ1n) is 8.83. The largest absolute Gasteiger partial charge is 0.396 e. The lowest BCUT2D eigenvalue weighted by molar-refractivity contribution is -0.115. The van der Waals surface area contributed by atoms with E-state index in [0.29, 0.717) is 39.7 Å². The summed E-state index contributed by atoms with van der Waals surface area (Å²) >= 11 is 7.08. The van der Waals surface area contributed by atoms with Gasteiger partial charge in [0, 0.05) is 23.9 Å². The Morgan fingerprint density at radius 2 is 1.96 bits per heavy atom. The molecule has 2 N–H and O–H groups in total. The zero-order valence-corrected chi connectivity index (χ0v) is 16.8. The van der Waals surface area contributed by atoms with Crippen molar-refractivity contribution < 1.29 is 9.90 Å². The highest BCUT2D eigenvalue weighted by Gasteiger charge is 2.19. The number of benzene rings is 2. The van der Waals surface area contributed by atoms with E-state index in [1.54, 1.807) is 49.4 Å². The molecule has 0 spiro atoms. The Kier molecular flexibility index (Phi) is 6.72. The zero-order valence-electron chi connectivity index (χ0n) is 15.3. The number of aromatic nitrogens is 2. The van der Waals surface area contributed by atoms with Gasteiger partial charge in [0.25, 0.3) is 5.56 Å². The minimum absolute atomic E-state index is 0.0318. The first kappa shape index (κ1) is 20.4. The number of nitrogens with zero attached hydrogens (tertiary/aromatic N) is 2. The number of halogens is 1. The number of thioether (sulfide) groups is 1. The van der Waals surface area contributed by atoms with Gasteiger partial charge in [0.05, 0.1) is 16.2 Å². The summed E-state index contributed by atoms with van der Waals surface area (Å²) in [6.45, 7) is 2.06. The molecule has 1 atom stereocenters. The molecule has 0 saturated heterocycles.